The number of anilines is 2. The monoisotopic (exact) mass is 526 g/mol. The fraction of sp³-hybridized carbons (Fsp3) is 0.211. The number of allylic oxidation sites excluding steroid dienone is 4. The summed E-state index contributed by atoms with van der Waals surface area (Å²) in [6, 6.07) is 39.2. The van der Waals surface area contributed by atoms with Crippen molar-refractivity contribution in [2.75, 3.05) is 36.0 Å². The summed E-state index contributed by atoms with van der Waals surface area (Å²) in [6.45, 7) is 12.8. The molecule has 4 rings (SSSR count). The molecule has 0 aliphatic heterocycles. The van der Waals surface area contributed by atoms with Gasteiger partial charge in [-0.05, 0) is 85.4 Å². The van der Waals surface area contributed by atoms with Gasteiger partial charge in [-0.2, -0.15) is 0 Å². The molecule has 0 N–H and O–H groups in total. The highest BCUT2D eigenvalue weighted by molar-refractivity contribution is 5.83. The van der Waals surface area contributed by atoms with Crippen LogP contribution in [0.3, 0.4) is 0 Å². The molecular formula is C38H42N2. The predicted octanol–water partition coefficient (Wildman–Crippen LogP) is 9.50. The molecule has 0 radical (unpaired) electrons. The van der Waals surface area contributed by atoms with E-state index in [1.165, 1.54) is 44.8 Å². The van der Waals surface area contributed by atoms with E-state index < -0.39 is 0 Å². The number of nitrogens with zero attached hydrogens (tertiary/aromatic N) is 2. The highest BCUT2D eigenvalue weighted by Crippen LogP contribution is 2.28. The number of hydrogen-bond donors (Lipinski definition) is 0. The van der Waals surface area contributed by atoms with E-state index in [9.17, 15) is 0 Å². The topological polar surface area (TPSA) is 6.48 Å². The lowest BCUT2D eigenvalue weighted by Crippen LogP contribution is -2.21. The molecule has 4 aromatic carbocycles. The highest BCUT2D eigenvalue weighted by Gasteiger charge is 2.09. The van der Waals surface area contributed by atoms with Gasteiger partial charge in [0.15, 0.2) is 0 Å². The Morgan fingerprint density at radius 2 is 0.725 bits per heavy atom. The predicted molar refractivity (Wildman–Crippen MR) is 176 cm³/mol. The van der Waals surface area contributed by atoms with Crippen LogP contribution >= 0.6 is 0 Å². The summed E-state index contributed by atoms with van der Waals surface area (Å²) < 4.78 is 0. The molecule has 0 bridgehead atoms. The standard InChI is InChI=1S/C38H42N2/c1-5-39(6-2)35-27-23-33(24-28-35)38(34-25-29-36(30-26-34)40(7-3)8-4)22-16-15-21-37(31-17-11-9-12-18-31)32-19-13-10-14-20-32/h9-30H,5-8H2,1-4H3/b16-15+. The van der Waals surface area contributed by atoms with Crippen LogP contribution in [0.4, 0.5) is 11.4 Å². The van der Waals surface area contributed by atoms with Crippen molar-refractivity contribution in [3.05, 3.63) is 156 Å². The zero-order valence-electron chi connectivity index (χ0n) is 24.4. The minimum absolute atomic E-state index is 1.01. The average molecular weight is 527 g/mol. The summed E-state index contributed by atoms with van der Waals surface area (Å²) in [5.41, 5.74) is 9.79. The molecule has 2 heteroatoms. The van der Waals surface area contributed by atoms with E-state index in [4.69, 9.17) is 0 Å². The lowest BCUT2D eigenvalue weighted by Gasteiger charge is -2.22. The lowest BCUT2D eigenvalue weighted by molar-refractivity contribution is 0.866. The molecule has 0 heterocycles. The Morgan fingerprint density at radius 3 is 1.02 bits per heavy atom. The van der Waals surface area contributed by atoms with Crippen molar-refractivity contribution in [1.82, 2.24) is 0 Å². The van der Waals surface area contributed by atoms with Gasteiger partial charge in [-0.1, -0.05) is 109 Å². The maximum atomic E-state index is 2.38. The van der Waals surface area contributed by atoms with E-state index in [-0.39, 0.29) is 0 Å². The van der Waals surface area contributed by atoms with Crippen LogP contribution in [0.1, 0.15) is 49.9 Å². The number of benzene rings is 4. The van der Waals surface area contributed by atoms with E-state index in [1.54, 1.807) is 0 Å². The van der Waals surface area contributed by atoms with Gasteiger partial charge in [0.05, 0.1) is 0 Å². The van der Waals surface area contributed by atoms with Crippen molar-refractivity contribution in [2.45, 2.75) is 27.7 Å². The van der Waals surface area contributed by atoms with Gasteiger partial charge in [0, 0.05) is 37.6 Å². The molecule has 40 heavy (non-hydrogen) atoms. The van der Waals surface area contributed by atoms with E-state index in [0.29, 0.717) is 0 Å². The van der Waals surface area contributed by atoms with E-state index in [1.807, 2.05) is 0 Å². The maximum Gasteiger partial charge on any atom is 0.0366 e. The largest absolute Gasteiger partial charge is 0.372 e. The van der Waals surface area contributed by atoms with Gasteiger partial charge >= 0.3 is 0 Å². The van der Waals surface area contributed by atoms with Gasteiger partial charge in [0.1, 0.15) is 0 Å². The Bertz CT molecular complexity index is 1290. The molecule has 0 aliphatic rings. The molecule has 0 spiro atoms. The molecular weight excluding hydrogens is 484 g/mol. The second-order valence-electron chi connectivity index (χ2n) is 9.72. The first-order valence-electron chi connectivity index (χ1n) is 14.6. The Balaban J connectivity index is 1.72. The van der Waals surface area contributed by atoms with E-state index in [2.05, 4.69) is 171 Å². The zero-order chi connectivity index (χ0) is 28.2. The van der Waals surface area contributed by atoms with Crippen LogP contribution in [0.15, 0.2) is 133 Å². The second kappa shape index (κ2) is 14.7. The summed E-state index contributed by atoms with van der Waals surface area (Å²) in [5, 5.41) is 0. The third-order valence-electron chi connectivity index (χ3n) is 7.42. The second-order valence-corrected chi connectivity index (χ2v) is 9.72. The molecule has 0 aliphatic carbocycles. The van der Waals surface area contributed by atoms with Crippen LogP contribution < -0.4 is 9.80 Å². The molecule has 0 saturated heterocycles. The molecule has 0 amide bonds. The van der Waals surface area contributed by atoms with Crippen LogP contribution in [0.2, 0.25) is 0 Å². The van der Waals surface area contributed by atoms with Gasteiger partial charge in [-0.25, -0.2) is 0 Å². The van der Waals surface area contributed by atoms with Gasteiger partial charge in [0.2, 0.25) is 0 Å². The number of hydrogen-bond acceptors (Lipinski definition) is 2. The highest BCUT2D eigenvalue weighted by atomic mass is 15.1. The van der Waals surface area contributed by atoms with Crippen molar-refractivity contribution in [1.29, 1.82) is 0 Å². The quantitative estimate of drug-likeness (QED) is 0.170. The Kier molecular flexibility index (Phi) is 10.6. The molecule has 2 nitrogen and oxygen atoms in total. The third-order valence-corrected chi connectivity index (χ3v) is 7.42. The smallest absolute Gasteiger partial charge is 0.0366 e. The van der Waals surface area contributed by atoms with Gasteiger partial charge in [-0.3, -0.25) is 0 Å². The van der Waals surface area contributed by atoms with Crippen molar-refractivity contribution in [2.24, 2.45) is 0 Å². The first-order valence-corrected chi connectivity index (χ1v) is 14.6. The number of rotatable bonds is 12. The minimum Gasteiger partial charge on any atom is -0.372 e. The fourth-order valence-electron chi connectivity index (χ4n) is 5.14. The van der Waals surface area contributed by atoms with E-state index in [0.717, 1.165) is 26.2 Å². The third kappa shape index (κ3) is 7.21. The van der Waals surface area contributed by atoms with Crippen LogP contribution in [-0.2, 0) is 0 Å². The SMILES string of the molecule is CCN(CC)c1ccc(C(=C/C=C/C=C(c2ccccc2)c2ccccc2)c2ccc(N(CC)CC)cc2)cc1. The zero-order valence-corrected chi connectivity index (χ0v) is 24.4. The summed E-state index contributed by atoms with van der Waals surface area (Å²) in [4.78, 5) is 4.76. The van der Waals surface area contributed by atoms with Crippen molar-refractivity contribution < 1.29 is 0 Å². The normalized spacial score (nSPS) is 10.8. The molecule has 0 atom stereocenters. The molecule has 0 unspecified atom stereocenters. The van der Waals surface area contributed by atoms with Crippen molar-refractivity contribution >= 4 is 22.5 Å². The van der Waals surface area contributed by atoms with Crippen LogP contribution in [0.25, 0.3) is 11.1 Å². The Morgan fingerprint density at radius 1 is 0.425 bits per heavy atom. The minimum atomic E-state index is 1.01. The molecule has 204 valence electrons. The van der Waals surface area contributed by atoms with Crippen LogP contribution in [-0.4, -0.2) is 26.2 Å². The summed E-state index contributed by atoms with van der Waals surface area (Å²) in [5.74, 6) is 0. The van der Waals surface area contributed by atoms with Crippen LogP contribution in [0.5, 0.6) is 0 Å². The lowest BCUT2D eigenvalue weighted by atomic mass is 9.96. The van der Waals surface area contributed by atoms with Gasteiger partial charge < -0.3 is 9.80 Å². The molecule has 0 saturated carbocycles. The average Bonchev–Trinajstić information content (AvgIpc) is 3.02. The summed E-state index contributed by atoms with van der Waals surface area (Å²) in [7, 11) is 0. The van der Waals surface area contributed by atoms with Crippen LogP contribution in [0, 0.1) is 0 Å². The fourth-order valence-corrected chi connectivity index (χ4v) is 5.14. The first-order chi connectivity index (χ1) is 19.7. The summed E-state index contributed by atoms with van der Waals surface area (Å²) >= 11 is 0. The molecule has 0 fully saturated rings. The van der Waals surface area contributed by atoms with Gasteiger partial charge in [0.25, 0.3) is 0 Å². The van der Waals surface area contributed by atoms with Crippen molar-refractivity contribution in [3.8, 4) is 0 Å². The Hall–Kier alpha value is -4.30. The summed E-state index contributed by atoms with van der Waals surface area (Å²) in [6.07, 6.45) is 8.77. The molecule has 4 aromatic rings. The Labute approximate surface area is 241 Å². The first kappa shape index (κ1) is 28.7. The van der Waals surface area contributed by atoms with Crippen molar-refractivity contribution in [3.63, 3.8) is 0 Å². The molecule has 0 aromatic heterocycles. The van der Waals surface area contributed by atoms with E-state index >= 15 is 0 Å². The van der Waals surface area contributed by atoms with Gasteiger partial charge in [-0.15, -0.1) is 0 Å². The maximum absolute atomic E-state index is 2.38.